The second kappa shape index (κ2) is 6.15. The van der Waals surface area contributed by atoms with Gasteiger partial charge in [0.2, 0.25) is 0 Å². The topological polar surface area (TPSA) is 30.5 Å². The minimum Gasteiger partial charge on any atom is -0.497 e. The van der Waals surface area contributed by atoms with Crippen LogP contribution in [0.4, 0.5) is 0 Å². The van der Waals surface area contributed by atoms with Crippen molar-refractivity contribution in [1.82, 2.24) is 5.32 Å². The van der Waals surface area contributed by atoms with E-state index in [0.717, 1.165) is 18.8 Å². The Kier molecular flexibility index (Phi) is 4.27. The molecular formula is C17H25NO2. The van der Waals surface area contributed by atoms with Gasteiger partial charge in [-0.05, 0) is 30.5 Å². The molecule has 1 heterocycles. The van der Waals surface area contributed by atoms with Crippen LogP contribution in [0.2, 0.25) is 0 Å². The van der Waals surface area contributed by atoms with Gasteiger partial charge in [0.1, 0.15) is 5.75 Å². The van der Waals surface area contributed by atoms with Crippen LogP contribution in [0.25, 0.3) is 0 Å². The SMILES string of the molecule is COc1cccc(C2CNCC3(CCCCCC3)O2)c1. The molecule has 1 spiro atoms. The van der Waals surface area contributed by atoms with Crippen LogP contribution in [-0.4, -0.2) is 25.8 Å². The van der Waals surface area contributed by atoms with Gasteiger partial charge in [-0.15, -0.1) is 0 Å². The van der Waals surface area contributed by atoms with Crippen molar-refractivity contribution in [1.29, 1.82) is 0 Å². The Bertz CT molecular complexity index is 438. The van der Waals surface area contributed by atoms with Gasteiger partial charge in [-0.2, -0.15) is 0 Å². The first-order valence-corrected chi connectivity index (χ1v) is 7.84. The minimum atomic E-state index is 0.0580. The molecule has 2 aliphatic rings. The number of ether oxygens (including phenoxy) is 2. The summed E-state index contributed by atoms with van der Waals surface area (Å²) < 4.78 is 11.9. The molecule has 0 aromatic heterocycles. The average Bonchev–Trinajstić information content (AvgIpc) is 2.73. The summed E-state index contributed by atoms with van der Waals surface area (Å²) in [5.41, 5.74) is 1.28. The van der Waals surface area contributed by atoms with Gasteiger partial charge in [0.15, 0.2) is 0 Å². The summed E-state index contributed by atoms with van der Waals surface area (Å²) in [6.45, 7) is 1.91. The average molecular weight is 275 g/mol. The van der Waals surface area contributed by atoms with E-state index in [9.17, 15) is 0 Å². The number of benzene rings is 1. The van der Waals surface area contributed by atoms with E-state index in [-0.39, 0.29) is 11.7 Å². The lowest BCUT2D eigenvalue weighted by atomic mass is 9.91. The van der Waals surface area contributed by atoms with E-state index >= 15 is 0 Å². The lowest BCUT2D eigenvalue weighted by Gasteiger charge is -2.41. The lowest BCUT2D eigenvalue weighted by Crippen LogP contribution is -2.50. The fraction of sp³-hybridized carbons (Fsp3) is 0.647. The first kappa shape index (κ1) is 13.9. The third-order valence-corrected chi connectivity index (χ3v) is 4.65. The molecule has 1 saturated carbocycles. The van der Waals surface area contributed by atoms with Gasteiger partial charge in [0, 0.05) is 13.1 Å². The van der Waals surface area contributed by atoms with E-state index in [2.05, 4.69) is 17.4 Å². The van der Waals surface area contributed by atoms with Gasteiger partial charge in [-0.25, -0.2) is 0 Å². The minimum absolute atomic E-state index is 0.0580. The Labute approximate surface area is 121 Å². The molecule has 1 aromatic rings. The van der Waals surface area contributed by atoms with E-state index in [1.54, 1.807) is 7.11 Å². The van der Waals surface area contributed by atoms with Crippen molar-refractivity contribution in [2.75, 3.05) is 20.2 Å². The highest BCUT2D eigenvalue weighted by atomic mass is 16.5. The van der Waals surface area contributed by atoms with Crippen molar-refractivity contribution in [2.45, 2.75) is 50.2 Å². The second-order valence-corrected chi connectivity index (χ2v) is 6.11. The Balaban J connectivity index is 1.76. The largest absolute Gasteiger partial charge is 0.497 e. The molecule has 1 N–H and O–H groups in total. The predicted molar refractivity (Wildman–Crippen MR) is 80.1 cm³/mol. The first-order valence-electron chi connectivity index (χ1n) is 7.84. The van der Waals surface area contributed by atoms with Crippen molar-refractivity contribution >= 4 is 0 Å². The smallest absolute Gasteiger partial charge is 0.119 e. The van der Waals surface area contributed by atoms with Crippen molar-refractivity contribution in [3.8, 4) is 5.75 Å². The molecule has 20 heavy (non-hydrogen) atoms. The van der Waals surface area contributed by atoms with E-state index in [4.69, 9.17) is 9.47 Å². The van der Waals surface area contributed by atoms with E-state index in [1.165, 1.54) is 44.1 Å². The van der Waals surface area contributed by atoms with E-state index < -0.39 is 0 Å². The van der Waals surface area contributed by atoms with Gasteiger partial charge in [-0.1, -0.05) is 37.8 Å². The van der Waals surface area contributed by atoms with Gasteiger partial charge in [-0.3, -0.25) is 0 Å². The fourth-order valence-electron chi connectivity index (χ4n) is 3.51. The highest BCUT2D eigenvalue weighted by Crippen LogP contribution is 2.37. The zero-order valence-corrected chi connectivity index (χ0v) is 12.4. The van der Waals surface area contributed by atoms with E-state index in [0.29, 0.717) is 0 Å². The second-order valence-electron chi connectivity index (χ2n) is 6.11. The maximum absolute atomic E-state index is 6.56. The molecule has 3 rings (SSSR count). The molecule has 0 radical (unpaired) electrons. The van der Waals surface area contributed by atoms with Crippen LogP contribution in [0.5, 0.6) is 5.75 Å². The molecule has 1 aliphatic heterocycles. The van der Waals surface area contributed by atoms with Crippen LogP contribution in [-0.2, 0) is 4.74 Å². The normalized spacial score (nSPS) is 26.1. The molecule has 1 atom stereocenters. The maximum atomic E-state index is 6.56. The molecule has 0 bridgehead atoms. The molecular weight excluding hydrogens is 250 g/mol. The molecule has 3 nitrogen and oxygen atoms in total. The number of morpholine rings is 1. The quantitative estimate of drug-likeness (QED) is 0.896. The third-order valence-electron chi connectivity index (χ3n) is 4.65. The van der Waals surface area contributed by atoms with Crippen molar-refractivity contribution in [3.05, 3.63) is 29.8 Å². The summed E-state index contributed by atoms with van der Waals surface area (Å²) in [5.74, 6) is 0.909. The number of methoxy groups -OCH3 is 1. The number of hydrogen-bond acceptors (Lipinski definition) is 3. The summed E-state index contributed by atoms with van der Waals surface area (Å²) in [7, 11) is 1.71. The molecule has 110 valence electrons. The summed E-state index contributed by atoms with van der Waals surface area (Å²) in [6.07, 6.45) is 7.85. The highest BCUT2D eigenvalue weighted by molar-refractivity contribution is 5.30. The maximum Gasteiger partial charge on any atom is 0.119 e. The predicted octanol–water partition coefficient (Wildman–Crippen LogP) is 3.45. The van der Waals surface area contributed by atoms with Crippen molar-refractivity contribution in [2.24, 2.45) is 0 Å². The Morgan fingerprint density at radius 1 is 1.20 bits per heavy atom. The molecule has 1 aromatic carbocycles. The van der Waals surface area contributed by atoms with Gasteiger partial charge in [0.25, 0.3) is 0 Å². The summed E-state index contributed by atoms with van der Waals surface area (Å²) in [5, 5.41) is 3.59. The summed E-state index contributed by atoms with van der Waals surface area (Å²) in [4.78, 5) is 0. The lowest BCUT2D eigenvalue weighted by molar-refractivity contribution is -0.126. The van der Waals surface area contributed by atoms with Crippen LogP contribution in [0, 0.1) is 0 Å². The highest BCUT2D eigenvalue weighted by Gasteiger charge is 2.37. The van der Waals surface area contributed by atoms with E-state index in [1.807, 2.05) is 12.1 Å². The molecule has 2 fully saturated rings. The fourth-order valence-corrected chi connectivity index (χ4v) is 3.51. The molecule has 3 heteroatoms. The standard InChI is InChI=1S/C17H25NO2/c1-19-15-8-6-7-14(11-15)16-12-18-13-17(20-16)9-4-2-3-5-10-17/h6-8,11,16,18H,2-5,9-10,12-13H2,1H3. The van der Waals surface area contributed by atoms with Crippen LogP contribution in [0.15, 0.2) is 24.3 Å². The molecule has 1 aliphatic carbocycles. The van der Waals surface area contributed by atoms with Gasteiger partial charge in [0.05, 0.1) is 18.8 Å². The Hall–Kier alpha value is -1.06. The zero-order valence-electron chi connectivity index (χ0n) is 12.4. The van der Waals surface area contributed by atoms with Crippen LogP contribution in [0.1, 0.15) is 50.2 Å². The van der Waals surface area contributed by atoms with Gasteiger partial charge >= 0.3 is 0 Å². The summed E-state index contributed by atoms with van der Waals surface area (Å²) in [6, 6.07) is 8.28. The summed E-state index contributed by atoms with van der Waals surface area (Å²) >= 11 is 0. The number of rotatable bonds is 2. The molecule has 0 amide bonds. The Morgan fingerprint density at radius 2 is 2.00 bits per heavy atom. The van der Waals surface area contributed by atoms with Crippen LogP contribution >= 0.6 is 0 Å². The molecule has 1 unspecified atom stereocenters. The number of hydrogen-bond donors (Lipinski definition) is 1. The van der Waals surface area contributed by atoms with Gasteiger partial charge < -0.3 is 14.8 Å². The van der Waals surface area contributed by atoms with Crippen LogP contribution in [0.3, 0.4) is 0 Å². The number of nitrogens with one attached hydrogen (secondary N) is 1. The molecule has 1 saturated heterocycles. The Morgan fingerprint density at radius 3 is 2.75 bits per heavy atom. The zero-order chi connectivity index (χ0) is 13.8. The first-order chi connectivity index (χ1) is 9.81. The van der Waals surface area contributed by atoms with Crippen molar-refractivity contribution in [3.63, 3.8) is 0 Å². The van der Waals surface area contributed by atoms with Crippen molar-refractivity contribution < 1.29 is 9.47 Å². The monoisotopic (exact) mass is 275 g/mol. The third kappa shape index (κ3) is 2.99. The van der Waals surface area contributed by atoms with Crippen LogP contribution < -0.4 is 10.1 Å².